The van der Waals surface area contributed by atoms with Gasteiger partial charge in [-0.05, 0) is 17.7 Å². The molecule has 1 aromatic carbocycles. The number of carbonyl (C=O) groups is 1. The van der Waals surface area contributed by atoms with Crippen LogP contribution >= 0.6 is 0 Å². The van der Waals surface area contributed by atoms with E-state index in [-0.39, 0.29) is 12.3 Å². The molecule has 10 nitrogen and oxygen atoms in total. The molecule has 2 heterocycles. The molecular weight excluding hydrogens is 621 g/mol. The summed E-state index contributed by atoms with van der Waals surface area (Å²) >= 11 is 0. The fourth-order valence-corrected chi connectivity index (χ4v) is 3.23. The summed E-state index contributed by atoms with van der Waals surface area (Å²) in [7, 11) is 1.14. The molecule has 0 fully saturated rings. The molecule has 0 aliphatic rings. The molecule has 3 rings (SSSR count). The number of pyridine rings is 1. The number of carbonyl (C=O) groups excluding carboxylic acids is 1. The van der Waals surface area contributed by atoms with Crippen molar-refractivity contribution < 1.29 is 63.3 Å². The Morgan fingerprint density at radius 1 is 0.795 bits per heavy atom. The number of urea groups is 1. The van der Waals surface area contributed by atoms with E-state index in [2.05, 4.69) is 24.4 Å². The first-order chi connectivity index (χ1) is 20.6. The Bertz CT molecular complexity index is 1320. The van der Waals surface area contributed by atoms with Gasteiger partial charge in [-0.25, -0.2) is 14.7 Å². The molecule has 0 spiro atoms. The summed E-state index contributed by atoms with van der Waals surface area (Å²) in [5.74, 6) is -2.67. The maximum absolute atomic E-state index is 13.7. The highest BCUT2D eigenvalue weighted by Crippen LogP contribution is 2.30. The van der Waals surface area contributed by atoms with E-state index in [0.29, 0.717) is 28.8 Å². The number of hydrogen-bond acceptors (Lipinski definition) is 8. The summed E-state index contributed by atoms with van der Waals surface area (Å²) in [5, 5.41) is 0. The van der Waals surface area contributed by atoms with Gasteiger partial charge in [0.2, 0.25) is 17.7 Å². The van der Waals surface area contributed by atoms with Crippen molar-refractivity contribution in [3.05, 3.63) is 66.0 Å². The van der Waals surface area contributed by atoms with Crippen LogP contribution in [-0.4, -0.2) is 67.1 Å². The number of anilines is 2. The SMILES string of the molecule is COCN(C(=O)N(COCc1ccccc1)c1nc(OCC(F)(F)F)cc(OCC(F)(F)F)n1)c1ccc(C(F)(F)F)nc1. The predicted molar refractivity (Wildman–Crippen MR) is 133 cm³/mol. The first kappa shape index (κ1) is 34.1. The van der Waals surface area contributed by atoms with Crippen LogP contribution in [0.1, 0.15) is 11.3 Å². The van der Waals surface area contributed by atoms with Gasteiger partial charge in [0.1, 0.15) is 19.2 Å². The lowest BCUT2D eigenvalue weighted by Crippen LogP contribution is -2.46. The quantitative estimate of drug-likeness (QED) is 0.176. The first-order valence-electron chi connectivity index (χ1n) is 12.1. The fourth-order valence-electron chi connectivity index (χ4n) is 3.23. The minimum absolute atomic E-state index is 0.140. The van der Waals surface area contributed by atoms with Gasteiger partial charge < -0.3 is 18.9 Å². The highest BCUT2D eigenvalue weighted by atomic mass is 19.4. The van der Waals surface area contributed by atoms with Gasteiger partial charge >= 0.3 is 24.6 Å². The number of alkyl halides is 9. The normalized spacial score (nSPS) is 12.1. The van der Waals surface area contributed by atoms with Crippen LogP contribution in [0.25, 0.3) is 0 Å². The third-order valence-corrected chi connectivity index (χ3v) is 5.08. The molecule has 0 unspecified atom stereocenters. The van der Waals surface area contributed by atoms with E-state index < -0.39 is 74.6 Å². The second kappa shape index (κ2) is 14.4. The number of methoxy groups -OCH3 is 1. The Morgan fingerprint density at radius 3 is 1.86 bits per heavy atom. The molecule has 19 heteroatoms. The summed E-state index contributed by atoms with van der Waals surface area (Å²) in [6.45, 7) is -5.33. The monoisotopic (exact) mass is 643 g/mol. The molecule has 0 radical (unpaired) electrons. The van der Waals surface area contributed by atoms with Crippen molar-refractivity contribution in [2.24, 2.45) is 0 Å². The number of benzene rings is 1. The fraction of sp³-hybridized carbons (Fsp3) is 0.360. The third kappa shape index (κ3) is 10.7. The molecule has 44 heavy (non-hydrogen) atoms. The minimum Gasteiger partial charge on any atom is -0.468 e. The average molecular weight is 643 g/mol. The van der Waals surface area contributed by atoms with Crippen LogP contribution in [0.4, 0.5) is 55.9 Å². The van der Waals surface area contributed by atoms with E-state index in [1.165, 1.54) is 0 Å². The topological polar surface area (TPSA) is 99.1 Å². The number of rotatable bonds is 12. The van der Waals surface area contributed by atoms with Crippen molar-refractivity contribution in [2.75, 3.05) is 43.6 Å². The molecule has 0 aliphatic carbocycles. The number of amides is 2. The number of ether oxygens (including phenoxy) is 4. The zero-order valence-corrected chi connectivity index (χ0v) is 22.4. The molecule has 3 aromatic rings. The van der Waals surface area contributed by atoms with E-state index in [1.54, 1.807) is 30.3 Å². The summed E-state index contributed by atoms with van der Waals surface area (Å²) in [5.41, 5.74) is -0.910. The Kier molecular flexibility index (Phi) is 11.2. The average Bonchev–Trinajstić information content (AvgIpc) is 2.95. The zero-order valence-electron chi connectivity index (χ0n) is 22.4. The molecule has 0 aliphatic heterocycles. The van der Waals surface area contributed by atoms with Crippen LogP contribution in [0.15, 0.2) is 54.7 Å². The number of halogens is 9. The molecule has 2 aromatic heterocycles. The van der Waals surface area contributed by atoms with Gasteiger partial charge in [-0.3, -0.25) is 4.90 Å². The highest BCUT2D eigenvalue weighted by molar-refractivity contribution is 6.02. The molecule has 240 valence electrons. The number of nitrogens with zero attached hydrogens (tertiary/aromatic N) is 5. The van der Waals surface area contributed by atoms with Crippen molar-refractivity contribution in [3.8, 4) is 11.8 Å². The van der Waals surface area contributed by atoms with E-state index in [1.807, 2.05) is 0 Å². The van der Waals surface area contributed by atoms with Crippen molar-refractivity contribution in [1.82, 2.24) is 15.0 Å². The number of aromatic nitrogens is 3. The molecule has 0 saturated heterocycles. The Hall–Kier alpha value is -4.39. The van der Waals surface area contributed by atoms with Gasteiger partial charge in [-0.1, -0.05) is 30.3 Å². The van der Waals surface area contributed by atoms with Gasteiger partial charge in [-0.2, -0.15) is 49.5 Å². The summed E-state index contributed by atoms with van der Waals surface area (Å²) in [6, 6.07) is 9.19. The van der Waals surface area contributed by atoms with Crippen LogP contribution in [-0.2, 0) is 22.3 Å². The molecule has 0 saturated carbocycles. The van der Waals surface area contributed by atoms with E-state index >= 15 is 0 Å². The first-order valence-corrected chi connectivity index (χ1v) is 12.1. The third-order valence-electron chi connectivity index (χ3n) is 5.08. The lowest BCUT2D eigenvalue weighted by molar-refractivity contribution is -0.154. The van der Waals surface area contributed by atoms with Crippen LogP contribution in [0, 0.1) is 0 Å². The standard InChI is InChI=1S/C25H22F9N5O5/c1-41-14-38(17-7-8-18(35-10-17)25(32,33)34)22(40)39(15-42-11-16-5-3-2-4-6-16)21-36-19(43-12-23(26,27)28)9-20(37-21)44-13-24(29,30)31/h2-10H,11-15H2,1H3. The van der Waals surface area contributed by atoms with Gasteiger partial charge in [0, 0.05) is 7.11 Å². The Balaban J connectivity index is 2.03. The Morgan fingerprint density at radius 2 is 1.39 bits per heavy atom. The van der Waals surface area contributed by atoms with Crippen molar-refractivity contribution >= 4 is 17.7 Å². The van der Waals surface area contributed by atoms with E-state index in [9.17, 15) is 44.3 Å². The molecule has 0 atom stereocenters. The van der Waals surface area contributed by atoms with Crippen LogP contribution in [0.5, 0.6) is 11.8 Å². The minimum atomic E-state index is -4.88. The predicted octanol–water partition coefficient (Wildman–Crippen LogP) is 5.98. The molecule has 0 N–H and O–H groups in total. The molecular formula is C25H22F9N5O5. The van der Waals surface area contributed by atoms with Gasteiger partial charge in [0.05, 0.1) is 24.6 Å². The Labute approximate surface area is 242 Å². The lowest BCUT2D eigenvalue weighted by Gasteiger charge is -2.29. The van der Waals surface area contributed by atoms with Crippen molar-refractivity contribution in [2.45, 2.75) is 25.1 Å². The van der Waals surface area contributed by atoms with Crippen LogP contribution in [0.3, 0.4) is 0 Å². The molecule has 0 bridgehead atoms. The lowest BCUT2D eigenvalue weighted by atomic mass is 10.2. The summed E-state index contributed by atoms with van der Waals surface area (Å²) in [4.78, 5) is 25.7. The van der Waals surface area contributed by atoms with E-state index in [0.717, 1.165) is 18.1 Å². The highest BCUT2D eigenvalue weighted by Gasteiger charge is 2.34. The van der Waals surface area contributed by atoms with Gasteiger partial charge in [-0.15, -0.1) is 0 Å². The van der Waals surface area contributed by atoms with Gasteiger partial charge in [0.25, 0.3) is 0 Å². The van der Waals surface area contributed by atoms with Crippen molar-refractivity contribution in [1.29, 1.82) is 0 Å². The van der Waals surface area contributed by atoms with E-state index in [4.69, 9.17) is 9.47 Å². The van der Waals surface area contributed by atoms with Crippen molar-refractivity contribution in [3.63, 3.8) is 0 Å². The zero-order chi connectivity index (χ0) is 32.5. The van der Waals surface area contributed by atoms with Crippen LogP contribution < -0.4 is 19.3 Å². The second-order valence-corrected chi connectivity index (χ2v) is 8.57. The number of hydrogen-bond donors (Lipinski definition) is 0. The smallest absolute Gasteiger partial charge is 0.433 e. The maximum atomic E-state index is 13.7. The summed E-state index contributed by atoms with van der Waals surface area (Å²) < 4.78 is 136. The molecule has 2 amide bonds. The maximum Gasteiger partial charge on any atom is 0.433 e. The largest absolute Gasteiger partial charge is 0.468 e. The second-order valence-electron chi connectivity index (χ2n) is 8.57. The summed E-state index contributed by atoms with van der Waals surface area (Å²) in [6.07, 6.45) is -13.9. The van der Waals surface area contributed by atoms with Crippen LogP contribution in [0.2, 0.25) is 0 Å². The van der Waals surface area contributed by atoms with Gasteiger partial charge in [0.15, 0.2) is 13.2 Å².